The van der Waals surface area contributed by atoms with E-state index in [-0.39, 0.29) is 12.3 Å². The summed E-state index contributed by atoms with van der Waals surface area (Å²) in [6.07, 6.45) is 5.46. The molecule has 1 aromatic heterocycles. The molecule has 0 atom stereocenters. The summed E-state index contributed by atoms with van der Waals surface area (Å²) in [6.45, 7) is 6.02. The van der Waals surface area contributed by atoms with Gasteiger partial charge in [0.25, 0.3) is 0 Å². The summed E-state index contributed by atoms with van der Waals surface area (Å²) in [5.41, 5.74) is 2.13. The minimum Gasteiger partial charge on any atom is -0.497 e. The van der Waals surface area contributed by atoms with Gasteiger partial charge in [-0.15, -0.1) is 4.68 Å². The molecule has 8 heteroatoms. The number of hydrogen-bond acceptors (Lipinski definition) is 6. The fourth-order valence-corrected chi connectivity index (χ4v) is 3.63. The number of methoxy groups -OCH3 is 3. The number of hydrogen-bond donors (Lipinski definition) is 0. The summed E-state index contributed by atoms with van der Waals surface area (Å²) in [7, 11) is 8.77. The molecule has 0 bridgehead atoms. The molecule has 1 heterocycles. The van der Waals surface area contributed by atoms with E-state index in [4.69, 9.17) is 19.3 Å². The van der Waals surface area contributed by atoms with Gasteiger partial charge in [0.1, 0.15) is 35.7 Å². The minimum atomic E-state index is -0.448. The minimum absolute atomic E-state index is 0.132. The maximum absolute atomic E-state index is 12.8. The largest absolute Gasteiger partial charge is 0.497 e. The van der Waals surface area contributed by atoms with Gasteiger partial charge in [0, 0.05) is 25.1 Å². The Labute approximate surface area is 207 Å². The summed E-state index contributed by atoms with van der Waals surface area (Å²) in [6, 6.07) is 11.5. The standard InChI is InChI=1S/C27H35N4O4/c1-27(2,3)24(32)18-30-13-14-31(26(30)20-9-11-21(33-6)12-10-20)28-17-19-15-22(34-7)25(29(4)5)23(16-19)35-8/h9-17H,18H2,1-8H3/q+1/b28-17+. The number of carbonyl (C=O) groups is 1. The zero-order valence-electron chi connectivity index (χ0n) is 21.8. The third-order valence-corrected chi connectivity index (χ3v) is 5.66. The van der Waals surface area contributed by atoms with Gasteiger partial charge in [0.05, 0.1) is 33.1 Å². The van der Waals surface area contributed by atoms with E-state index >= 15 is 0 Å². The number of benzene rings is 2. The monoisotopic (exact) mass is 479 g/mol. The average Bonchev–Trinajstić information content (AvgIpc) is 3.23. The number of imidazole rings is 1. The molecule has 0 fully saturated rings. The molecule has 0 aliphatic rings. The molecule has 3 aromatic rings. The Morgan fingerprint density at radius 1 is 1.03 bits per heavy atom. The first-order valence-corrected chi connectivity index (χ1v) is 11.3. The molecular weight excluding hydrogens is 444 g/mol. The van der Waals surface area contributed by atoms with Gasteiger partial charge in [0.2, 0.25) is 0 Å². The molecule has 0 saturated heterocycles. The molecule has 0 amide bonds. The van der Waals surface area contributed by atoms with E-state index in [2.05, 4.69) is 0 Å². The van der Waals surface area contributed by atoms with Gasteiger partial charge in [0.15, 0.2) is 12.0 Å². The van der Waals surface area contributed by atoms with Gasteiger partial charge in [-0.3, -0.25) is 4.79 Å². The Hall–Kier alpha value is -3.81. The summed E-state index contributed by atoms with van der Waals surface area (Å²) >= 11 is 0. The highest BCUT2D eigenvalue weighted by atomic mass is 16.5. The van der Waals surface area contributed by atoms with E-state index in [0.29, 0.717) is 11.5 Å². The molecule has 0 radical (unpaired) electrons. The van der Waals surface area contributed by atoms with Crippen LogP contribution in [0.5, 0.6) is 17.2 Å². The molecule has 3 rings (SSSR count). The second-order valence-electron chi connectivity index (χ2n) is 9.41. The Kier molecular flexibility index (Phi) is 7.84. The zero-order valence-corrected chi connectivity index (χ0v) is 21.8. The van der Waals surface area contributed by atoms with Gasteiger partial charge in [-0.2, -0.15) is 0 Å². The number of ketones is 1. The van der Waals surface area contributed by atoms with Crippen molar-refractivity contribution in [3.8, 4) is 28.6 Å². The van der Waals surface area contributed by atoms with Crippen LogP contribution in [0.1, 0.15) is 26.3 Å². The van der Waals surface area contributed by atoms with Crippen molar-refractivity contribution < 1.29 is 23.6 Å². The van der Waals surface area contributed by atoms with Gasteiger partial charge < -0.3 is 19.1 Å². The fourth-order valence-electron chi connectivity index (χ4n) is 3.63. The Morgan fingerprint density at radius 2 is 1.63 bits per heavy atom. The van der Waals surface area contributed by atoms with Crippen molar-refractivity contribution in [3.63, 3.8) is 0 Å². The van der Waals surface area contributed by atoms with Crippen LogP contribution in [0.3, 0.4) is 0 Å². The number of anilines is 1. The molecule has 0 aliphatic carbocycles. The van der Waals surface area contributed by atoms with Crippen LogP contribution in [0.15, 0.2) is 53.9 Å². The van der Waals surface area contributed by atoms with Crippen LogP contribution in [0.2, 0.25) is 0 Å². The molecule has 35 heavy (non-hydrogen) atoms. The van der Waals surface area contributed by atoms with Gasteiger partial charge in [-0.05, 0) is 36.4 Å². The van der Waals surface area contributed by atoms with Gasteiger partial charge in [-0.1, -0.05) is 25.9 Å². The summed E-state index contributed by atoms with van der Waals surface area (Å²) in [4.78, 5) is 14.8. The summed E-state index contributed by atoms with van der Waals surface area (Å²) < 4.78 is 20.2. The van der Waals surface area contributed by atoms with Gasteiger partial charge >= 0.3 is 5.82 Å². The first-order chi connectivity index (χ1) is 16.6. The van der Waals surface area contributed by atoms with Crippen LogP contribution in [0.25, 0.3) is 11.4 Å². The maximum atomic E-state index is 12.8. The molecule has 0 saturated carbocycles. The van der Waals surface area contributed by atoms with Crippen molar-refractivity contribution in [1.29, 1.82) is 0 Å². The lowest BCUT2D eigenvalue weighted by Crippen LogP contribution is -2.42. The highest BCUT2D eigenvalue weighted by Gasteiger charge is 2.27. The number of ether oxygens (including phenoxy) is 3. The van der Waals surface area contributed by atoms with Crippen LogP contribution in [-0.4, -0.2) is 52.1 Å². The number of aromatic nitrogens is 2. The predicted molar refractivity (Wildman–Crippen MR) is 138 cm³/mol. The quantitative estimate of drug-likeness (QED) is 0.342. The third kappa shape index (κ3) is 5.82. The predicted octanol–water partition coefficient (Wildman–Crippen LogP) is 4.03. The number of carbonyl (C=O) groups excluding carboxylic acids is 1. The van der Waals surface area contributed by atoms with Crippen LogP contribution in [0, 0.1) is 5.41 Å². The van der Waals surface area contributed by atoms with E-state index in [1.165, 1.54) is 0 Å². The molecule has 0 spiro atoms. The lowest BCUT2D eigenvalue weighted by Gasteiger charge is -2.20. The van der Waals surface area contributed by atoms with E-state index in [1.807, 2.05) is 93.1 Å². The normalized spacial score (nSPS) is 11.5. The molecule has 2 aromatic carbocycles. The second kappa shape index (κ2) is 10.6. The van der Waals surface area contributed by atoms with E-state index in [1.54, 1.807) is 32.2 Å². The summed E-state index contributed by atoms with van der Waals surface area (Å²) in [5, 5.41) is 4.71. The zero-order chi connectivity index (χ0) is 25.8. The van der Waals surface area contributed by atoms with Crippen LogP contribution in [0.4, 0.5) is 5.69 Å². The van der Waals surface area contributed by atoms with Crippen molar-refractivity contribution in [2.45, 2.75) is 27.3 Å². The molecule has 8 nitrogen and oxygen atoms in total. The number of nitrogens with zero attached hydrogens (tertiary/aromatic N) is 4. The fraction of sp³-hybridized carbons (Fsp3) is 0.370. The van der Waals surface area contributed by atoms with Crippen molar-refractivity contribution in [2.75, 3.05) is 40.3 Å². The van der Waals surface area contributed by atoms with Crippen LogP contribution in [-0.2, 0) is 11.3 Å². The van der Waals surface area contributed by atoms with Crippen molar-refractivity contribution in [3.05, 3.63) is 54.4 Å². The Morgan fingerprint density at radius 3 is 2.11 bits per heavy atom. The highest BCUT2D eigenvalue weighted by molar-refractivity contribution is 5.85. The third-order valence-electron chi connectivity index (χ3n) is 5.66. The highest BCUT2D eigenvalue weighted by Crippen LogP contribution is 2.37. The van der Waals surface area contributed by atoms with E-state index < -0.39 is 5.41 Å². The van der Waals surface area contributed by atoms with Crippen molar-refractivity contribution >= 4 is 17.7 Å². The SMILES string of the molecule is COc1ccc(-c2n(/N=C/c3cc(OC)c(N(C)C)c(OC)c3)cc[n+]2CC(=O)C(C)(C)C)cc1. The lowest BCUT2D eigenvalue weighted by atomic mass is 9.91. The first kappa shape index (κ1) is 25.8. The molecule has 0 unspecified atom stereocenters. The lowest BCUT2D eigenvalue weighted by molar-refractivity contribution is -0.673. The smallest absolute Gasteiger partial charge is 0.314 e. The molecule has 0 aliphatic heterocycles. The topological polar surface area (TPSA) is 69.2 Å². The Balaban J connectivity index is 2.07. The maximum Gasteiger partial charge on any atom is 0.314 e. The molecular formula is C27H35N4O4+. The van der Waals surface area contributed by atoms with Crippen LogP contribution >= 0.6 is 0 Å². The van der Waals surface area contributed by atoms with Crippen LogP contribution < -0.4 is 23.7 Å². The molecule has 186 valence electrons. The second-order valence-corrected chi connectivity index (χ2v) is 9.41. The number of rotatable bonds is 9. The average molecular weight is 480 g/mol. The Bertz CT molecular complexity index is 1180. The van der Waals surface area contributed by atoms with Crippen molar-refractivity contribution in [1.82, 2.24) is 4.68 Å². The van der Waals surface area contributed by atoms with Gasteiger partial charge in [-0.25, -0.2) is 4.57 Å². The molecule has 0 N–H and O–H groups in total. The van der Waals surface area contributed by atoms with Crippen molar-refractivity contribution in [2.24, 2.45) is 10.5 Å². The number of Topliss-reactive ketones (excluding diaryl/α,β-unsaturated/α-hetero) is 1. The van der Waals surface area contributed by atoms with E-state index in [0.717, 1.165) is 28.4 Å². The summed E-state index contributed by atoms with van der Waals surface area (Å²) in [5.74, 6) is 3.04. The van der Waals surface area contributed by atoms with E-state index in [9.17, 15) is 4.79 Å². The first-order valence-electron chi connectivity index (χ1n) is 11.3.